The van der Waals surface area contributed by atoms with E-state index in [2.05, 4.69) is 5.32 Å². The van der Waals surface area contributed by atoms with Crippen molar-refractivity contribution in [1.29, 1.82) is 0 Å². The molecule has 2 amide bonds. The van der Waals surface area contributed by atoms with Gasteiger partial charge in [0.05, 0.1) is 0 Å². The van der Waals surface area contributed by atoms with Gasteiger partial charge in [-0.2, -0.15) is 0 Å². The molecule has 1 aliphatic carbocycles. The minimum atomic E-state index is -0.0855. The molecule has 2 rings (SSSR count). The smallest absolute Gasteiger partial charge is 0.321 e. The molecule has 1 aliphatic rings. The summed E-state index contributed by atoms with van der Waals surface area (Å²) in [4.78, 5) is 14.1. The van der Waals surface area contributed by atoms with E-state index in [1.807, 2.05) is 7.05 Å². The Kier molecular flexibility index (Phi) is 5.26. The third-order valence-corrected chi connectivity index (χ3v) is 4.34. The second-order valence-electron chi connectivity index (χ2n) is 5.40. The lowest BCUT2D eigenvalue weighted by Crippen LogP contribution is -2.47. The number of carbonyl (C=O) groups is 1. The van der Waals surface area contributed by atoms with Gasteiger partial charge in [-0.15, -0.1) is 0 Å². The number of anilines is 1. The van der Waals surface area contributed by atoms with Gasteiger partial charge in [0.2, 0.25) is 0 Å². The highest BCUT2D eigenvalue weighted by Gasteiger charge is 2.29. The molecule has 3 N–H and O–H groups in total. The van der Waals surface area contributed by atoms with Gasteiger partial charge in [0.1, 0.15) is 0 Å². The van der Waals surface area contributed by atoms with E-state index in [1.165, 1.54) is 12.8 Å². The second-order valence-corrected chi connectivity index (χ2v) is 5.83. The van der Waals surface area contributed by atoms with E-state index in [-0.39, 0.29) is 12.1 Å². The third-order valence-electron chi connectivity index (χ3n) is 4.09. The van der Waals surface area contributed by atoms with Crippen LogP contribution in [0.5, 0.6) is 0 Å². The minimum absolute atomic E-state index is 0.0855. The molecule has 1 fully saturated rings. The van der Waals surface area contributed by atoms with Crippen molar-refractivity contribution < 1.29 is 4.79 Å². The van der Waals surface area contributed by atoms with Crippen LogP contribution < -0.4 is 11.1 Å². The van der Waals surface area contributed by atoms with Crippen LogP contribution >= 0.6 is 11.6 Å². The number of amides is 2. The number of nitrogens with zero attached hydrogens (tertiary/aromatic N) is 1. The Bertz CT molecular complexity index is 449. The summed E-state index contributed by atoms with van der Waals surface area (Å²) in [5, 5.41) is 3.56. The fourth-order valence-corrected chi connectivity index (χ4v) is 2.99. The van der Waals surface area contributed by atoms with Crippen LogP contribution in [0.4, 0.5) is 10.5 Å². The molecular formula is C15H22ClN3O. The Morgan fingerprint density at radius 1 is 1.35 bits per heavy atom. The van der Waals surface area contributed by atoms with Crippen molar-refractivity contribution in [3.05, 3.63) is 29.3 Å². The Morgan fingerprint density at radius 2 is 2.00 bits per heavy atom. The topological polar surface area (TPSA) is 58.4 Å². The average Bonchev–Trinajstić information content (AvgIpc) is 2.48. The first kappa shape index (κ1) is 15.1. The highest BCUT2D eigenvalue weighted by molar-refractivity contribution is 6.30. The largest absolute Gasteiger partial charge is 0.330 e. The normalized spacial score (nSPS) is 22.4. The molecule has 1 aromatic carbocycles. The van der Waals surface area contributed by atoms with Crippen LogP contribution in [0.2, 0.25) is 5.02 Å². The molecule has 1 aromatic rings. The number of halogens is 1. The SMILES string of the molecule is CN(C(=O)Nc1ccc(Cl)cc1)C1CCCCC1CN. The van der Waals surface area contributed by atoms with Crippen molar-refractivity contribution in [1.82, 2.24) is 4.90 Å². The highest BCUT2D eigenvalue weighted by Crippen LogP contribution is 2.27. The van der Waals surface area contributed by atoms with Crippen molar-refractivity contribution in [3.8, 4) is 0 Å². The summed E-state index contributed by atoms with van der Waals surface area (Å²) < 4.78 is 0. The average molecular weight is 296 g/mol. The number of rotatable bonds is 3. The second kappa shape index (κ2) is 6.95. The first-order chi connectivity index (χ1) is 9.61. The number of nitrogens with one attached hydrogen (secondary N) is 1. The first-order valence-corrected chi connectivity index (χ1v) is 7.49. The summed E-state index contributed by atoms with van der Waals surface area (Å²) in [6, 6.07) is 7.28. The fraction of sp³-hybridized carbons (Fsp3) is 0.533. The van der Waals surface area contributed by atoms with Gasteiger partial charge in [-0.3, -0.25) is 0 Å². The Labute approximate surface area is 125 Å². The summed E-state index contributed by atoms with van der Waals surface area (Å²) >= 11 is 5.83. The van der Waals surface area contributed by atoms with Crippen molar-refractivity contribution in [2.75, 3.05) is 18.9 Å². The summed E-state index contributed by atoms with van der Waals surface area (Å²) in [6.07, 6.45) is 4.52. The van der Waals surface area contributed by atoms with Crippen molar-refractivity contribution in [2.24, 2.45) is 11.7 Å². The van der Waals surface area contributed by atoms with Crippen LogP contribution in [0.1, 0.15) is 25.7 Å². The summed E-state index contributed by atoms with van der Waals surface area (Å²) in [7, 11) is 1.85. The zero-order chi connectivity index (χ0) is 14.5. The molecule has 2 atom stereocenters. The maximum absolute atomic E-state index is 12.3. The van der Waals surface area contributed by atoms with E-state index in [4.69, 9.17) is 17.3 Å². The minimum Gasteiger partial charge on any atom is -0.330 e. The fourth-order valence-electron chi connectivity index (χ4n) is 2.87. The van der Waals surface area contributed by atoms with Gasteiger partial charge >= 0.3 is 6.03 Å². The molecule has 1 saturated carbocycles. The predicted molar refractivity (Wildman–Crippen MR) is 83.0 cm³/mol. The Balaban J connectivity index is 1.98. The molecule has 20 heavy (non-hydrogen) atoms. The molecule has 0 aromatic heterocycles. The van der Waals surface area contributed by atoms with Gasteiger partial charge in [-0.05, 0) is 49.6 Å². The molecule has 2 unspecified atom stereocenters. The molecule has 0 radical (unpaired) electrons. The van der Waals surface area contributed by atoms with Crippen LogP contribution in [0.3, 0.4) is 0 Å². The van der Waals surface area contributed by atoms with Crippen molar-refractivity contribution in [3.63, 3.8) is 0 Å². The van der Waals surface area contributed by atoms with Gasteiger partial charge in [0.25, 0.3) is 0 Å². The van der Waals surface area contributed by atoms with E-state index in [0.29, 0.717) is 17.5 Å². The van der Waals surface area contributed by atoms with Crippen molar-refractivity contribution in [2.45, 2.75) is 31.7 Å². The van der Waals surface area contributed by atoms with Crippen LogP contribution in [-0.4, -0.2) is 30.6 Å². The molecule has 5 heteroatoms. The molecule has 0 heterocycles. The number of hydrogen-bond donors (Lipinski definition) is 2. The van der Waals surface area contributed by atoms with E-state index in [0.717, 1.165) is 18.5 Å². The molecule has 0 saturated heterocycles. The van der Waals surface area contributed by atoms with Crippen LogP contribution in [-0.2, 0) is 0 Å². The molecule has 0 bridgehead atoms. The molecular weight excluding hydrogens is 274 g/mol. The number of hydrogen-bond acceptors (Lipinski definition) is 2. The molecule has 0 aliphatic heterocycles. The predicted octanol–water partition coefficient (Wildman–Crippen LogP) is 3.32. The van der Waals surface area contributed by atoms with Gasteiger partial charge in [0.15, 0.2) is 0 Å². The molecule has 0 spiro atoms. The van der Waals surface area contributed by atoms with Gasteiger partial charge in [-0.1, -0.05) is 24.4 Å². The molecule has 4 nitrogen and oxygen atoms in total. The zero-order valence-corrected chi connectivity index (χ0v) is 12.6. The van der Waals surface area contributed by atoms with Gasteiger partial charge < -0.3 is 16.0 Å². The first-order valence-electron chi connectivity index (χ1n) is 7.11. The number of urea groups is 1. The number of benzene rings is 1. The lowest BCUT2D eigenvalue weighted by molar-refractivity contribution is 0.150. The zero-order valence-electron chi connectivity index (χ0n) is 11.8. The van der Waals surface area contributed by atoms with Crippen molar-refractivity contribution >= 4 is 23.3 Å². The van der Waals surface area contributed by atoms with Crippen LogP contribution in [0.15, 0.2) is 24.3 Å². The standard InChI is InChI=1S/C15H22ClN3O/c1-19(14-5-3-2-4-11(14)10-17)15(20)18-13-8-6-12(16)7-9-13/h6-9,11,14H,2-5,10,17H2,1H3,(H,18,20). The Hall–Kier alpha value is -1.26. The third kappa shape index (κ3) is 3.64. The molecule has 110 valence electrons. The van der Waals surface area contributed by atoms with E-state index >= 15 is 0 Å². The maximum atomic E-state index is 12.3. The summed E-state index contributed by atoms with van der Waals surface area (Å²) in [6.45, 7) is 0.642. The van der Waals surface area contributed by atoms with Crippen LogP contribution in [0.25, 0.3) is 0 Å². The van der Waals surface area contributed by atoms with Gasteiger partial charge in [0, 0.05) is 23.8 Å². The monoisotopic (exact) mass is 295 g/mol. The Morgan fingerprint density at radius 3 is 2.65 bits per heavy atom. The van der Waals surface area contributed by atoms with E-state index < -0.39 is 0 Å². The van der Waals surface area contributed by atoms with E-state index in [1.54, 1.807) is 29.2 Å². The number of carbonyl (C=O) groups excluding carboxylic acids is 1. The quantitative estimate of drug-likeness (QED) is 0.898. The highest BCUT2D eigenvalue weighted by atomic mass is 35.5. The maximum Gasteiger partial charge on any atom is 0.321 e. The lowest BCUT2D eigenvalue weighted by atomic mass is 9.84. The number of nitrogens with two attached hydrogens (primary N) is 1. The summed E-state index contributed by atoms with van der Waals surface area (Å²) in [5.74, 6) is 0.407. The van der Waals surface area contributed by atoms with Gasteiger partial charge in [-0.25, -0.2) is 4.79 Å². The lowest BCUT2D eigenvalue weighted by Gasteiger charge is -2.37. The van der Waals surface area contributed by atoms with E-state index in [9.17, 15) is 4.79 Å². The summed E-state index contributed by atoms with van der Waals surface area (Å²) in [5.41, 5.74) is 6.58. The van der Waals surface area contributed by atoms with Crippen LogP contribution in [0, 0.1) is 5.92 Å².